The van der Waals surface area contributed by atoms with Crippen LogP contribution >= 0.6 is 0 Å². The first-order valence-corrected chi connectivity index (χ1v) is 8.43. The summed E-state index contributed by atoms with van der Waals surface area (Å²) >= 11 is 0. The number of quaternary nitrogens is 1. The van der Waals surface area contributed by atoms with Gasteiger partial charge in [-0.1, -0.05) is 48.5 Å². The molecule has 2 nitrogen and oxygen atoms in total. The molecule has 2 heteroatoms. The summed E-state index contributed by atoms with van der Waals surface area (Å²) in [5.74, 6) is 0.187. The highest BCUT2D eigenvalue weighted by Crippen LogP contribution is 2.19. The van der Waals surface area contributed by atoms with Gasteiger partial charge in [0.1, 0.15) is 13.1 Å². The van der Waals surface area contributed by atoms with Crippen LogP contribution in [0, 0.1) is 13.8 Å². The summed E-state index contributed by atoms with van der Waals surface area (Å²) in [4.78, 5) is 14.3. The standard InChI is InChI=1S/C22H23NO/c1-16-8-4-6-10-18(16)12-20-14-23(3)15-21(22(20)24)13-19-11-7-5-9-17(19)2/h4-13H,14-15H2,1-3H3/p+1/b20-12+,21-13+. The largest absolute Gasteiger partial charge is 0.330 e. The maximum Gasteiger partial charge on any atom is 0.196 e. The minimum Gasteiger partial charge on any atom is -0.330 e. The Balaban J connectivity index is 1.98. The van der Waals surface area contributed by atoms with E-state index in [4.69, 9.17) is 0 Å². The Morgan fingerprint density at radius 1 is 0.792 bits per heavy atom. The number of aryl methyl sites for hydroxylation is 2. The summed E-state index contributed by atoms with van der Waals surface area (Å²) in [5, 5.41) is 0. The molecule has 0 radical (unpaired) electrons. The van der Waals surface area contributed by atoms with E-state index in [0.717, 1.165) is 35.4 Å². The normalized spacial score (nSPS) is 21.5. The van der Waals surface area contributed by atoms with Gasteiger partial charge >= 0.3 is 0 Å². The van der Waals surface area contributed by atoms with E-state index in [9.17, 15) is 4.79 Å². The molecule has 0 saturated carbocycles. The molecule has 0 amide bonds. The Morgan fingerprint density at radius 3 is 1.62 bits per heavy atom. The minimum absolute atomic E-state index is 0.187. The molecule has 1 aliphatic rings. The Labute approximate surface area is 144 Å². The number of piperidine rings is 1. The number of likely N-dealkylation sites (tertiary alicyclic amines) is 1. The second-order valence-electron chi connectivity index (χ2n) is 6.69. The van der Waals surface area contributed by atoms with Crippen LogP contribution in [0.5, 0.6) is 0 Å². The molecule has 0 unspecified atom stereocenters. The third-order valence-electron chi connectivity index (χ3n) is 4.60. The number of ketones is 1. The Hall–Kier alpha value is -2.45. The maximum absolute atomic E-state index is 13.0. The van der Waals surface area contributed by atoms with Crippen molar-refractivity contribution in [1.29, 1.82) is 0 Å². The number of carbonyl (C=O) groups excluding carboxylic acids is 1. The van der Waals surface area contributed by atoms with E-state index in [1.807, 2.05) is 24.3 Å². The molecule has 2 aromatic rings. The summed E-state index contributed by atoms with van der Waals surface area (Å²) in [5.41, 5.74) is 6.45. The number of hydrogen-bond donors (Lipinski definition) is 1. The van der Waals surface area contributed by atoms with Crippen LogP contribution in [-0.4, -0.2) is 25.9 Å². The van der Waals surface area contributed by atoms with Crippen LogP contribution in [-0.2, 0) is 4.79 Å². The number of nitrogens with one attached hydrogen (secondary N) is 1. The molecule has 0 spiro atoms. The zero-order valence-electron chi connectivity index (χ0n) is 14.6. The van der Waals surface area contributed by atoms with E-state index < -0.39 is 0 Å². The van der Waals surface area contributed by atoms with Gasteiger partial charge in [0, 0.05) is 0 Å². The highest BCUT2D eigenvalue weighted by Gasteiger charge is 2.27. The van der Waals surface area contributed by atoms with Gasteiger partial charge in [-0.25, -0.2) is 0 Å². The lowest BCUT2D eigenvalue weighted by molar-refractivity contribution is -0.870. The molecule has 0 aliphatic carbocycles. The van der Waals surface area contributed by atoms with Gasteiger partial charge in [-0.2, -0.15) is 0 Å². The molecule has 1 saturated heterocycles. The van der Waals surface area contributed by atoms with Gasteiger partial charge in [0.15, 0.2) is 5.78 Å². The monoisotopic (exact) mass is 318 g/mol. The third-order valence-corrected chi connectivity index (χ3v) is 4.60. The van der Waals surface area contributed by atoms with Crippen molar-refractivity contribution >= 4 is 17.9 Å². The number of hydrogen-bond acceptors (Lipinski definition) is 1. The first kappa shape index (κ1) is 16.4. The van der Waals surface area contributed by atoms with Gasteiger partial charge in [-0.05, 0) is 48.3 Å². The second-order valence-corrected chi connectivity index (χ2v) is 6.69. The highest BCUT2D eigenvalue weighted by atomic mass is 16.1. The van der Waals surface area contributed by atoms with Crippen LogP contribution in [0.4, 0.5) is 0 Å². The van der Waals surface area contributed by atoms with E-state index in [2.05, 4.69) is 57.3 Å². The molecule has 122 valence electrons. The van der Waals surface area contributed by atoms with Crippen molar-refractivity contribution in [3.63, 3.8) is 0 Å². The lowest BCUT2D eigenvalue weighted by Crippen LogP contribution is -3.10. The molecular formula is C22H24NO+. The van der Waals surface area contributed by atoms with Crippen molar-refractivity contribution in [2.24, 2.45) is 0 Å². The third kappa shape index (κ3) is 3.55. The van der Waals surface area contributed by atoms with Crippen molar-refractivity contribution in [2.45, 2.75) is 13.8 Å². The van der Waals surface area contributed by atoms with E-state index in [1.54, 1.807) is 0 Å². The summed E-state index contributed by atoms with van der Waals surface area (Å²) < 4.78 is 0. The number of Topliss-reactive ketones (excluding diaryl/α,β-unsaturated/α-hetero) is 1. The fraction of sp³-hybridized carbons (Fsp3) is 0.227. The average Bonchev–Trinajstić information content (AvgIpc) is 2.56. The predicted octanol–water partition coefficient (Wildman–Crippen LogP) is 2.87. The van der Waals surface area contributed by atoms with Crippen LogP contribution in [0.25, 0.3) is 12.2 Å². The zero-order chi connectivity index (χ0) is 17.1. The van der Waals surface area contributed by atoms with Crippen LogP contribution in [0.15, 0.2) is 59.7 Å². The second kappa shape index (κ2) is 6.98. The molecule has 0 atom stereocenters. The highest BCUT2D eigenvalue weighted by molar-refractivity contribution is 6.14. The van der Waals surface area contributed by atoms with Crippen molar-refractivity contribution in [3.05, 3.63) is 81.9 Å². The zero-order valence-corrected chi connectivity index (χ0v) is 14.6. The van der Waals surface area contributed by atoms with Crippen LogP contribution < -0.4 is 4.90 Å². The molecule has 1 fully saturated rings. The number of likely N-dealkylation sites (N-methyl/N-ethyl adjacent to an activating group) is 1. The summed E-state index contributed by atoms with van der Waals surface area (Å²) in [6.45, 7) is 5.72. The fourth-order valence-electron chi connectivity index (χ4n) is 3.19. The van der Waals surface area contributed by atoms with Crippen LogP contribution in [0.3, 0.4) is 0 Å². The Bertz CT molecular complexity index is 762. The molecule has 1 heterocycles. The van der Waals surface area contributed by atoms with Gasteiger partial charge in [0.25, 0.3) is 0 Å². The molecular weight excluding hydrogens is 294 g/mol. The van der Waals surface area contributed by atoms with Crippen molar-refractivity contribution < 1.29 is 9.69 Å². The number of carbonyl (C=O) groups is 1. The van der Waals surface area contributed by atoms with E-state index >= 15 is 0 Å². The summed E-state index contributed by atoms with van der Waals surface area (Å²) in [6, 6.07) is 16.4. The van der Waals surface area contributed by atoms with E-state index in [-0.39, 0.29) is 5.78 Å². The Kier molecular flexibility index (Phi) is 4.77. The lowest BCUT2D eigenvalue weighted by atomic mass is 9.93. The molecule has 0 bridgehead atoms. The van der Waals surface area contributed by atoms with Gasteiger partial charge in [0.2, 0.25) is 0 Å². The van der Waals surface area contributed by atoms with E-state index in [0.29, 0.717) is 0 Å². The average molecular weight is 318 g/mol. The van der Waals surface area contributed by atoms with E-state index in [1.165, 1.54) is 16.0 Å². The Morgan fingerprint density at radius 2 is 1.21 bits per heavy atom. The predicted molar refractivity (Wildman–Crippen MR) is 99.9 cm³/mol. The van der Waals surface area contributed by atoms with Crippen molar-refractivity contribution in [1.82, 2.24) is 0 Å². The summed E-state index contributed by atoms with van der Waals surface area (Å²) in [7, 11) is 2.14. The topological polar surface area (TPSA) is 21.5 Å². The first-order valence-electron chi connectivity index (χ1n) is 8.43. The van der Waals surface area contributed by atoms with Crippen molar-refractivity contribution in [3.8, 4) is 0 Å². The number of rotatable bonds is 2. The number of benzene rings is 2. The quantitative estimate of drug-likeness (QED) is 0.845. The molecule has 1 aliphatic heterocycles. The first-order chi connectivity index (χ1) is 11.5. The minimum atomic E-state index is 0.187. The molecule has 1 N–H and O–H groups in total. The van der Waals surface area contributed by atoms with Gasteiger partial charge < -0.3 is 4.90 Å². The lowest BCUT2D eigenvalue weighted by Gasteiger charge is -2.23. The maximum atomic E-state index is 13.0. The van der Waals surface area contributed by atoms with Crippen LogP contribution in [0.1, 0.15) is 22.3 Å². The molecule has 2 aromatic carbocycles. The van der Waals surface area contributed by atoms with Gasteiger partial charge in [0.05, 0.1) is 18.2 Å². The van der Waals surface area contributed by atoms with Gasteiger partial charge in [-0.15, -0.1) is 0 Å². The smallest absolute Gasteiger partial charge is 0.196 e. The van der Waals surface area contributed by atoms with Gasteiger partial charge in [-0.3, -0.25) is 4.79 Å². The van der Waals surface area contributed by atoms with Crippen LogP contribution in [0.2, 0.25) is 0 Å². The molecule has 3 rings (SSSR count). The summed E-state index contributed by atoms with van der Waals surface area (Å²) in [6.07, 6.45) is 4.12. The van der Waals surface area contributed by atoms with Crippen molar-refractivity contribution in [2.75, 3.05) is 20.1 Å². The molecule has 0 aromatic heterocycles. The molecule has 24 heavy (non-hydrogen) atoms. The SMILES string of the molecule is Cc1ccccc1/C=C1\C[NH+](C)C/C(=C\c2ccccc2C)C1=O. The fourth-order valence-corrected chi connectivity index (χ4v) is 3.19.